The van der Waals surface area contributed by atoms with E-state index in [1.54, 1.807) is 18.2 Å². The van der Waals surface area contributed by atoms with Gasteiger partial charge in [-0.15, -0.1) is 0 Å². The zero-order valence-corrected chi connectivity index (χ0v) is 15.6. The van der Waals surface area contributed by atoms with Gasteiger partial charge in [-0.2, -0.15) is 10.1 Å². The second kappa shape index (κ2) is 6.54. The average Bonchev–Trinajstić information content (AvgIpc) is 3.25. The van der Waals surface area contributed by atoms with Gasteiger partial charge in [-0.3, -0.25) is 9.48 Å². The summed E-state index contributed by atoms with van der Waals surface area (Å²) in [6, 6.07) is 6.30. The van der Waals surface area contributed by atoms with Gasteiger partial charge in [0.15, 0.2) is 5.69 Å². The smallest absolute Gasteiger partial charge is 0.279 e. The van der Waals surface area contributed by atoms with Crippen molar-refractivity contribution in [3.05, 3.63) is 41.3 Å². The lowest BCUT2D eigenvalue weighted by molar-refractivity contribution is -0.139. The van der Waals surface area contributed by atoms with Crippen LogP contribution >= 0.6 is 0 Å². The van der Waals surface area contributed by atoms with Crippen LogP contribution in [0.2, 0.25) is 0 Å². The Morgan fingerprint density at radius 2 is 2.11 bits per heavy atom. The van der Waals surface area contributed by atoms with Crippen LogP contribution in [0.3, 0.4) is 0 Å². The molecule has 0 spiro atoms. The van der Waals surface area contributed by atoms with Crippen molar-refractivity contribution in [2.75, 3.05) is 6.54 Å². The van der Waals surface area contributed by atoms with Crippen molar-refractivity contribution >= 4 is 5.91 Å². The van der Waals surface area contributed by atoms with Crippen molar-refractivity contribution in [2.24, 2.45) is 13.0 Å². The largest absolute Gasteiger partial charge is 0.338 e. The molecular weight excluding hydrogens is 361 g/mol. The first-order chi connectivity index (χ1) is 13.6. The van der Waals surface area contributed by atoms with Gasteiger partial charge in [-0.1, -0.05) is 23.7 Å². The Bertz CT molecular complexity index is 1050. The molecule has 3 heterocycles. The highest BCUT2D eigenvalue weighted by Crippen LogP contribution is 2.33. The molecule has 1 amide bonds. The molecule has 0 N–H and O–H groups in total. The minimum Gasteiger partial charge on any atom is -0.338 e. The summed E-state index contributed by atoms with van der Waals surface area (Å²) in [5.74, 6) is 0.413. The highest BCUT2D eigenvalue weighted by atomic mass is 19.1. The quantitative estimate of drug-likeness (QED) is 0.697. The van der Waals surface area contributed by atoms with Gasteiger partial charge < -0.3 is 9.42 Å². The molecule has 144 valence electrons. The van der Waals surface area contributed by atoms with Gasteiger partial charge >= 0.3 is 0 Å². The lowest BCUT2D eigenvalue weighted by Crippen LogP contribution is -2.42. The molecule has 28 heavy (non-hydrogen) atoms. The number of aromatic nitrogens is 4. The van der Waals surface area contributed by atoms with Crippen LogP contribution in [0.5, 0.6) is 0 Å². The molecule has 1 aliphatic carbocycles. The molecular formula is C20H20FN5O2. The van der Waals surface area contributed by atoms with E-state index in [2.05, 4.69) is 15.2 Å². The van der Waals surface area contributed by atoms with Crippen LogP contribution in [0.1, 0.15) is 30.5 Å². The Morgan fingerprint density at radius 1 is 1.29 bits per heavy atom. The van der Waals surface area contributed by atoms with Crippen molar-refractivity contribution in [1.82, 2.24) is 24.8 Å². The third-order valence-corrected chi connectivity index (χ3v) is 5.75. The van der Waals surface area contributed by atoms with Gasteiger partial charge in [-0.05, 0) is 25.0 Å². The number of fused-ring (bicyclic) bond motifs is 1. The van der Waals surface area contributed by atoms with E-state index >= 15 is 0 Å². The van der Waals surface area contributed by atoms with Crippen molar-refractivity contribution in [3.8, 4) is 23.0 Å². The molecule has 1 aliphatic heterocycles. The summed E-state index contributed by atoms with van der Waals surface area (Å²) in [6.07, 6.45) is 3.84. The van der Waals surface area contributed by atoms with Crippen LogP contribution in [-0.2, 0) is 24.8 Å². The lowest BCUT2D eigenvalue weighted by atomic mass is 9.84. The molecule has 0 bridgehead atoms. The Balaban J connectivity index is 1.48. The zero-order chi connectivity index (χ0) is 19.3. The molecule has 7 nitrogen and oxygen atoms in total. The molecule has 3 aromatic rings. The van der Waals surface area contributed by atoms with Crippen molar-refractivity contribution in [2.45, 2.75) is 32.2 Å². The maximum atomic E-state index is 14.0. The van der Waals surface area contributed by atoms with Crippen molar-refractivity contribution in [1.29, 1.82) is 0 Å². The number of benzene rings is 1. The minimum absolute atomic E-state index is 0.165. The number of carbonyl (C=O) groups excluding carboxylic acids is 1. The molecule has 8 heteroatoms. The molecule has 0 atom stereocenters. The molecule has 0 radical (unpaired) electrons. The van der Waals surface area contributed by atoms with Crippen LogP contribution in [0.4, 0.5) is 4.39 Å². The summed E-state index contributed by atoms with van der Waals surface area (Å²) in [6.45, 7) is 1.19. The number of aryl methyl sites for hydroxylation is 1. The van der Waals surface area contributed by atoms with Crippen LogP contribution in [0.15, 0.2) is 28.8 Å². The predicted octanol–water partition coefficient (Wildman–Crippen LogP) is 2.96. The van der Waals surface area contributed by atoms with E-state index in [-0.39, 0.29) is 29.1 Å². The maximum absolute atomic E-state index is 14.0. The highest BCUT2D eigenvalue weighted by Gasteiger charge is 2.34. The van der Waals surface area contributed by atoms with Gasteiger partial charge in [0.05, 0.1) is 5.56 Å². The van der Waals surface area contributed by atoms with E-state index in [9.17, 15) is 9.18 Å². The Kier molecular flexibility index (Phi) is 3.99. The fourth-order valence-electron chi connectivity index (χ4n) is 3.94. The van der Waals surface area contributed by atoms with Crippen molar-refractivity contribution < 1.29 is 13.7 Å². The number of rotatable bonds is 3. The fraction of sp³-hybridized carbons (Fsp3) is 0.400. The van der Waals surface area contributed by atoms with E-state index in [4.69, 9.17) is 4.52 Å². The van der Waals surface area contributed by atoms with Gasteiger partial charge in [0.25, 0.3) is 5.89 Å². The third-order valence-electron chi connectivity index (χ3n) is 5.75. The fourth-order valence-corrected chi connectivity index (χ4v) is 3.94. The first-order valence-corrected chi connectivity index (χ1v) is 9.54. The topological polar surface area (TPSA) is 77.1 Å². The normalized spacial score (nSPS) is 16.7. The summed E-state index contributed by atoms with van der Waals surface area (Å²) in [5, 5.41) is 8.48. The van der Waals surface area contributed by atoms with E-state index in [1.807, 2.05) is 16.6 Å². The molecule has 1 saturated carbocycles. The van der Waals surface area contributed by atoms with Crippen LogP contribution in [0, 0.1) is 11.7 Å². The number of halogens is 1. The lowest BCUT2D eigenvalue weighted by Gasteiger charge is -2.34. The molecule has 2 aromatic heterocycles. The first kappa shape index (κ1) is 17.1. The number of carbonyl (C=O) groups is 1. The molecule has 1 fully saturated rings. The standard InChI is InChI=1S/C20H20FN5O2/c1-25-16-9-10-26(20(27)12-5-4-6-12)11-14(16)17(23-25)19-22-18(24-28-19)13-7-2-3-8-15(13)21/h2-3,7-8,12H,4-6,9-11H2,1H3. The van der Waals surface area contributed by atoms with Gasteiger partial charge in [0.2, 0.25) is 11.7 Å². The summed E-state index contributed by atoms with van der Waals surface area (Å²) in [7, 11) is 1.87. The summed E-state index contributed by atoms with van der Waals surface area (Å²) in [5.41, 5.74) is 2.85. The van der Waals surface area contributed by atoms with E-state index in [0.717, 1.165) is 36.9 Å². The van der Waals surface area contributed by atoms with E-state index < -0.39 is 5.82 Å². The molecule has 2 aliphatic rings. The Hall–Kier alpha value is -3.03. The van der Waals surface area contributed by atoms with Crippen LogP contribution < -0.4 is 0 Å². The molecule has 5 rings (SSSR count). The second-order valence-electron chi connectivity index (χ2n) is 7.44. The molecule has 0 unspecified atom stereocenters. The first-order valence-electron chi connectivity index (χ1n) is 9.54. The van der Waals surface area contributed by atoms with E-state index in [1.165, 1.54) is 6.07 Å². The Morgan fingerprint density at radius 3 is 2.86 bits per heavy atom. The SMILES string of the molecule is Cn1nc(-c2nc(-c3ccccc3F)no2)c2c1CCN(C(=O)C1CCC1)C2. The monoisotopic (exact) mass is 381 g/mol. The summed E-state index contributed by atoms with van der Waals surface area (Å²) in [4.78, 5) is 19.0. The van der Waals surface area contributed by atoms with Gasteiger partial charge in [-0.25, -0.2) is 4.39 Å². The Labute approximate surface area is 161 Å². The molecule has 1 aromatic carbocycles. The number of hydrogen-bond donors (Lipinski definition) is 0. The van der Waals surface area contributed by atoms with E-state index in [0.29, 0.717) is 18.8 Å². The van der Waals surface area contributed by atoms with Gasteiger partial charge in [0, 0.05) is 43.7 Å². The van der Waals surface area contributed by atoms with Crippen LogP contribution in [-0.4, -0.2) is 37.3 Å². The average molecular weight is 381 g/mol. The zero-order valence-electron chi connectivity index (χ0n) is 15.6. The maximum Gasteiger partial charge on any atom is 0.279 e. The molecule has 0 saturated heterocycles. The predicted molar refractivity (Wildman–Crippen MR) is 98.4 cm³/mol. The highest BCUT2D eigenvalue weighted by molar-refractivity contribution is 5.80. The number of amides is 1. The van der Waals surface area contributed by atoms with Crippen LogP contribution in [0.25, 0.3) is 23.0 Å². The van der Waals surface area contributed by atoms with Crippen molar-refractivity contribution in [3.63, 3.8) is 0 Å². The third kappa shape index (κ3) is 2.71. The second-order valence-corrected chi connectivity index (χ2v) is 7.44. The summed E-state index contributed by atoms with van der Waals surface area (Å²) < 4.78 is 21.3. The number of hydrogen-bond acceptors (Lipinski definition) is 5. The summed E-state index contributed by atoms with van der Waals surface area (Å²) >= 11 is 0. The minimum atomic E-state index is -0.407. The number of nitrogens with zero attached hydrogens (tertiary/aromatic N) is 5. The van der Waals surface area contributed by atoms with Gasteiger partial charge in [0.1, 0.15) is 5.82 Å².